The number of amides is 1. The van der Waals surface area contributed by atoms with Gasteiger partial charge in [-0.1, -0.05) is 73.2 Å². The highest BCUT2D eigenvalue weighted by Gasteiger charge is 2.34. The van der Waals surface area contributed by atoms with E-state index in [9.17, 15) is 4.79 Å². The number of nitrogens with zero attached hydrogens (tertiary/aromatic N) is 2. The van der Waals surface area contributed by atoms with Crippen LogP contribution >= 0.6 is 23.2 Å². The van der Waals surface area contributed by atoms with Crippen molar-refractivity contribution in [3.63, 3.8) is 0 Å². The van der Waals surface area contributed by atoms with Gasteiger partial charge in [0.1, 0.15) is 5.71 Å². The van der Waals surface area contributed by atoms with E-state index in [1.54, 1.807) is 0 Å². The van der Waals surface area contributed by atoms with Crippen LogP contribution in [-0.2, 0) is 4.79 Å². The van der Waals surface area contributed by atoms with Crippen molar-refractivity contribution in [3.05, 3.63) is 64.1 Å². The fourth-order valence-electron chi connectivity index (χ4n) is 4.14. The number of halogens is 2. The molecule has 0 aromatic heterocycles. The van der Waals surface area contributed by atoms with Gasteiger partial charge in [0.05, 0.1) is 16.8 Å². The summed E-state index contributed by atoms with van der Waals surface area (Å²) in [5, 5.41) is 11.1. The molecule has 29 heavy (non-hydrogen) atoms. The molecular weight excluding hydrogens is 405 g/mol. The molecule has 0 radical (unpaired) electrons. The molecule has 1 aliphatic carbocycles. The molecule has 1 amide bonds. The molecule has 6 heteroatoms. The minimum atomic E-state index is -0.0953. The molecule has 2 aromatic rings. The lowest BCUT2D eigenvalue weighted by Gasteiger charge is -2.24. The highest BCUT2D eigenvalue weighted by atomic mass is 35.5. The second kappa shape index (κ2) is 9.19. The molecule has 0 saturated heterocycles. The van der Waals surface area contributed by atoms with Gasteiger partial charge in [-0.2, -0.15) is 5.10 Å². The Balaban J connectivity index is 1.59. The van der Waals surface area contributed by atoms with Crippen LogP contribution in [0.3, 0.4) is 0 Å². The van der Waals surface area contributed by atoms with Gasteiger partial charge in [0.25, 0.3) is 5.91 Å². The normalized spacial score (nSPS) is 20.3. The zero-order valence-corrected chi connectivity index (χ0v) is 17.8. The Bertz CT molecular complexity index is 889. The van der Waals surface area contributed by atoms with Gasteiger partial charge in [0.2, 0.25) is 0 Å². The Hall–Kier alpha value is -2.04. The van der Waals surface area contributed by atoms with Crippen LogP contribution in [0, 0.1) is 0 Å². The van der Waals surface area contributed by atoms with Crippen molar-refractivity contribution in [2.24, 2.45) is 5.10 Å². The molecule has 0 spiro atoms. The average molecular weight is 430 g/mol. The van der Waals surface area contributed by atoms with Crippen LogP contribution in [0.5, 0.6) is 0 Å². The monoisotopic (exact) mass is 429 g/mol. The van der Waals surface area contributed by atoms with E-state index >= 15 is 0 Å². The minimum absolute atomic E-state index is 0.0644. The molecule has 152 valence electrons. The van der Waals surface area contributed by atoms with Gasteiger partial charge in [-0.05, 0) is 42.7 Å². The molecule has 2 aliphatic rings. The maximum Gasteiger partial charge on any atom is 0.267 e. The highest BCUT2D eigenvalue weighted by Crippen LogP contribution is 2.38. The second-order valence-corrected chi connectivity index (χ2v) is 8.62. The summed E-state index contributed by atoms with van der Waals surface area (Å²) in [6.07, 6.45) is 7.50. The molecule has 1 fully saturated rings. The van der Waals surface area contributed by atoms with Gasteiger partial charge in [-0.15, -0.1) is 0 Å². The predicted molar refractivity (Wildman–Crippen MR) is 120 cm³/mol. The summed E-state index contributed by atoms with van der Waals surface area (Å²) < 4.78 is 0. The fourth-order valence-corrected chi connectivity index (χ4v) is 4.49. The topological polar surface area (TPSA) is 44.7 Å². The summed E-state index contributed by atoms with van der Waals surface area (Å²) in [5.41, 5.74) is 2.40. The molecule has 2 aromatic carbocycles. The Labute approximate surface area is 181 Å². The third-order valence-corrected chi connectivity index (χ3v) is 6.29. The van der Waals surface area contributed by atoms with Crippen molar-refractivity contribution < 1.29 is 4.79 Å². The van der Waals surface area contributed by atoms with E-state index < -0.39 is 0 Å². The first-order chi connectivity index (χ1) is 14.1. The SMILES string of the molecule is O=C(NC1CCCCCC1)C1=NN(c2ccccc2Cl)C(c2ccc(Cl)cc2)C1. The molecule has 0 bridgehead atoms. The summed E-state index contributed by atoms with van der Waals surface area (Å²) in [6, 6.07) is 15.4. The second-order valence-electron chi connectivity index (χ2n) is 7.78. The highest BCUT2D eigenvalue weighted by molar-refractivity contribution is 6.40. The Morgan fingerprint density at radius 3 is 2.34 bits per heavy atom. The molecule has 4 nitrogen and oxygen atoms in total. The van der Waals surface area contributed by atoms with Crippen molar-refractivity contribution in [1.82, 2.24) is 5.32 Å². The molecule has 1 heterocycles. The number of benzene rings is 2. The summed E-state index contributed by atoms with van der Waals surface area (Å²) in [7, 11) is 0. The van der Waals surface area contributed by atoms with Crippen LogP contribution in [-0.4, -0.2) is 17.7 Å². The number of para-hydroxylation sites is 1. The van der Waals surface area contributed by atoms with Gasteiger partial charge < -0.3 is 5.32 Å². The van der Waals surface area contributed by atoms with Gasteiger partial charge in [-0.3, -0.25) is 9.80 Å². The molecule has 4 rings (SSSR count). The number of rotatable bonds is 4. The molecule has 1 saturated carbocycles. The van der Waals surface area contributed by atoms with E-state index in [0.29, 0.717) is 22.2 Å². The third kappa shape index (κ3) is 4.76. The van der Waals surface area contributed by atoms with E-state index in [1.807, 2.05) is 53.5 Å². The number of carbonyl (C=O) groups excluding carboxylic acids is 1. The lowest BCUT2D eigenvalue weighted by atomic mass is 10.0. The van der Waals surface area contributed by atoms with Crippen molar-refractivity contribution in [3.8, 4) is 0 Å². The van der Waals surface area contributed by atoms with Crippen molar-refractivity contribution >= 4 is 40.5 Å². The smallest absolute Gasteiger partial charge is 0.267 e. The Kier molecular flexibility index (Phi) is 6.41. The lowest BCUT2D eigenvalue weighted by Crippen LogP contribution is -2.38. The zero-order valence-electron chi connectivity index (χ0n) is 16.3. The predicted octanol–water partition coefficient (Wildman–Crippen LogP) is 6.14. The number of carbonyl (C=O) groups is 1. The van der Waals surface area contributed by atoms with Crippen LogP contribution < -0.4 is 10.3 Å². The summed E-state index contributed by atoms with van der Waals surface area (Å²) in [5.74, 6) is -0.0644. The van der Waals surface area contributed by atoms with E-state index in [4.69, 9.17) is 28.3 Å². The first-order valence-corrected chi connectivity index (χ1v) is 11.0. The number of hydrazone groups is 1. The summed E-state index contributed by atoms with van der Waals surface area (Å²) in [6.45, 7) is 0. The van der Waals surface area contributed by atoms with Crippen molar-refractivity contribution in [2.75, 3.05) is 5.01 Å². The number of anilines is 1. The van der Waals surface area contributed by atoms with Crippen molar-refractivity contribution in [2.45, 2.75) is 57.0 Å². The Morgan fingerprint density at radius 1 is 0.966 bits per heavy atom. The molecule has 1 atom stereocenters. The number of nitrogens with one attached hydrogen (secondary N) is 1. The van der Waals surface area contributed by atoms with E-state index in [0.717, 1.165) is 24.1 Å². The first-order valence-electron chi connectivity index (χ1n) is 10.3. The van der Waals surface area contributed by atoms with Crippen LogP contribution in [0.25, 0.3) is 0 Å². The largest absolute Gasteiger partial charge is 0.348 e. The molecule has 1 aliphatic heterocycles. The maximum atomic E-state index is 13.0. The third-order valence-electron chi connectivity index (χ3n) is 5.72. The zero-order chi connectivity index (χ0) is 20.2. The standard InChI is InChI=1S/C23H25Cl2N3O/c24-17-13-11-16(12-14-17)22-15-20(23(29)26-18-7-3-1-2-4-8-18)27-28(22)21-10-6-5-9-19(21)25/h5-6,9-14,18,22H,1-4,7-8,15H2,(H,26,29). The van der Waals surface area contributed by atoms with Crippen LogP contribution in [0.4, 0.5) is 5.69 Å². The maximum absolute atomic E-state index is 13.0. The van der Waals surface area contributed by atoms with Crippen LogP contribution in [0.1, 0.15) is 56.6 Å². The van der Waals surface area contributed by atoms with Gasteiger partial charge in [0.15, 0.2) is 0 Å². The quantitative estimate of drug-likeness (QED) is 0.593. The Morgan fingerprint density at radius 2 is 1.66 bits per heavy atom. The van der Waals surface area contributed by atoms with E-state index in [-0.39, 0.29) is 18.0 Å². The van der Waals surface area contributed by atoms with Gasteiger partial charge >= 0.3 is 0 Å². The number of hydrogen-bond acceptors (Lipinski definition) is 3. The van der Waals surface area contributed by atoms with Crippen molar-refractivity contribution in [1.29, 1.82) is 0 Å². The van der Waals surface area contributed by atoms with E-state index in [1.165, 1.54) is 25.7 Å². The molecule has 1 N–H and O–H groups in total. The number of hydrogen-bond donors (Lipinski definition) is 1. The average Bonchev–Trinajstić information content (AvgIpc) is 3.00. The van der Waals surface area contributed by atoms with Crippen LogP contribution in [0.2, 0.25) is 10.0 Å². The lowest BCUT2D eigenvalue weighted by molar-refractivity contribution is -0.115. The molecule has 1 unspecified atom stereocenters. The molecular formula is C23H25Cl2N3O. The first kappa shape index (κ1) is 20.2. The summed E-state index contributed by atoms with van der Waals surface area (Å²) >= 11 is 12.5. The van der Waals surface area contributed by atoms with E-state index in [2.05, 4.69) is 5.32 Å². The van der Waals surface area contributed by atoms with Crippen LogP contribution in [0.15, 0.2) is 53.6 Å². The fraction of sp³-hybridized carbons (Fsp3) is 0.391. The minimum Gasteiger partial charge on any atom is -0.348 e. The summed E-state index contributed by atoms with van der Waals surface area (Å²) in [4.78, 5) is 13.0. The van der Waals surface area contributed by atoms with Gasteiger partial charge in [0, 0.05) is 17.5 Å². The van der Waals surface area contributed by atoms with Gasteiger partial charge in [-0.25, -0.2) is 0 Å².